The third kappa shape index (κ3) is 4.64. The summed E-state index contributed by atoms with van der Waals surface area (Å²) in [6, 6.07) is 11.5. The van der Waals surface area contributed by atoms with E-state index in [0.29, 0.717) is 17.1 Å². The van der Waals surface area contributed by atoms with Gasteiger partial charge >= 0.3 is 5.97 Å². The summed E-state index contributed by atoms with van der Waals surface area (Å²) in [5.41, 5.74) is 1.66. The summed E-state index contributed by atoms with van der Waals surface area (Å²) in [7, 11) is 1.49. The van der Waals surface area contributed by atoms with Gasteiger partial charge in [-0.2, -0.15) is 0 Å². The second kappa shape index (κ2) is 9.20. The van der Waals surface area contributed by atoms with Crippen molar-refractivity contribution in [3.63, 3.8) is 0 Å². The Labute approximate surface area is 177 Å². The van der Waals surface area contributed by atoms with E-state index in [0.717, 1.165) is 22.2 Å². The number of benzene rings is 2. The molecule has 1 fully saturated rings. The van der Waals surface area contributed by atoms with E-state index in [9.17, 15) is 14.4 Å². The van der Waals surface area contributed by atoms with Gasteiger partial charge < -0.3 is 14.6 Å². The van der Waals surface area contributed by atoms with E-state index in [1.54, 1.807) is 36.4 Å². The Morgan fingerprint density at radius 1 is 1.20 bits per heavy atom. The molecule has 0 atom stereocenters. The van der Waals surface area contributed by atoms with Crippen molar-refractivity contribution in [1.29, 1.82) is 0 Å². The predicted octanol–water partition coefficient (Wildman–Crippen LogP) is 3.64. The average Bonchev–Trinajstić information content (AvgIpc) is 3.00. The first-order valence-corrected chi connectivity index (χ1v) is 9.56. The Morgan fingerprint density at radius 3 is 2.57 bits per heavy atom. The fraction of sp³-hybridized carbons (Fsp3) is 0.136. The van der Waals surface area contributed by atoms with Gasteiger partial charge in [-0.05, 0) is 53.2 Å². The number of amides is 2. The number of carboxylic acid groups (broad SMARTS) is 1. The second-order valence-electron chi connectivity index (χ2n) is 6.17. The summed E-state index contributed by atoms with van der Waals surface area (Å²) in [5, 5.41) is 8.55. The molecular formula is C22H17NO6S. The molecule has 0 bridgehead atoms. The van der Waals surface area contributed by atoms with Gasteiger partial charge in [0.25, 0.3) is 11.1 Å². The summed E-state index contributed by atoms with van der Waals surface area (Å²) >= 11 is 0.834. The molecule has 3 rings (SSSR count). The van der Waals surface area contributed by atoms with Crippen LogP contribution >= 0.6 is 11.8 Å². The number of carbonyl (C=O) groups is 3. The summed E-state index contributed by atoms with van der Waals surface area (Å²) < 4.78 is 11.1. The molecule has 30 heavy (non-hydrogen) atoms. The molecule has 2 aromatic rings. The van der Waals surface area contributed by atoms with Gasteiger partial charge in [-0.15, -0.1) is 6.42 Å². The maximum absolute atomic E-state index is 12.3. The van der Waals surface area contributed by atoms with Gasteiger partial charge in [-0.1, -0.05) is 24.1 Å². The molecule has 0 saturated carbocycles. The monoisotopic (exact) mass is 423 g/mol. The molecule has 0 aromatic heterocycles. The molecule has 7 nitrogen and oxygen atoms in total. The molecular weight excluding hydrogens is 406 g/mol. The average molecular weight is 423 g/mol. The number of rotatable bonds is 7. The van der Waals surface area contributed by atoms with Crippen LogP contribution in [0.25, 0.3) is 6.08 Å². The third-order valence-electron chi connectivity index (χ3n) is 4.20. The standard InChI is InChI=1S/C22H17NO6S/c1-3-10-23-20(24)19(30-22(23)27)12-15-6-9-17(18(11-15)28-2)29-13-14-4-7-16(8-5-14)21(25)26/h1,4-9,11-12H,10,13H2,2H3,(H,25,26). The Balaban J connectivity index is 1.73. The molecule has 1 aliphatic heterocycles. The smallest absolute Gasteiger partial charge is 0.335 e. The summed E-state index contributed by atoms with van der Waals surface area (Å²) in [4.78, 5) is 36.4. The molecule has 1 N–H and O–H groups in total. The number of hydrogen-bond acceptors (Lipinski definition) is 6. The lowest BCUT2D eigenvalue weighted by molar-refractivity contribution is -0.122. The summed E-state index contributed by atoms with van der Waals surface area (Å²) in [6.07, 6.45) is 6.79. The van der Waals surface area contributed by atoms with Crippen LogP contribution in [0.1, 0.15) is 21.5 Å². The van der Waals surface area contributed by atoms with E-state index in [4.69, 9.17) is 21.0 Å². The van der Waals surface area contributed by atoms with E-state index >= 15 is 0 Å². The number of terminal acetylenes is 1. The molecule has 2 amide bonds. The first-order chi connectivity index (χ1) is 14.4. The first kappa shape index (κ1) is 21.0. The van der Waals surface area contributed by atoms with Gasteiger partial charge in [0.1, 0.15) is 6.61 Å². The van der Waals surface area contributed by atoms with Gasteiger partial charge in [0.2, 0.25) is 0 Å². The number of carbonyl (C=O) groups excluding carboxylic acids is 2. The van der Waals surface area contributed by atoms with Crippen LogP contribution in [0.3, 0.4) is 0 Å². The summed E-state index contributed by atoms with van der Waals surface area (Å²) in [5.74, 6) is 1.82. The molecule has 152 valence electrons. The normalized spacial score (nSPS) is 14.7. The topological polar surface area (TPSA) is 93.1 Å². The number of imide groups is 1. The van der Waals surface area contributed by atoms with Gasteiger partial charge in [0.05, 0.1) is 24.1 Å². The number of nitrogens with zero attached hydrogens (tertiary/aromatic N) is 1. The zero-order chi connectivity index (χ0) is 21.7. The molecule has 8 heteroatoms. The van der Waals surface area contributed by atoms with Crippen LogP contribution in [0.15, 0.2) is 47.4 Å². The highest BCUT2D eigenvalue weighted by atomic mass is 32.2. The minimum Gasteiger partial charge on any atom is -0.493 e. The van der Waals surface area contributed by atoms with Gasteiger partial charge in [-0.3, -0.25) is 14.5 Å². The van der Waals surface area contributed by atoms with Crippen LogP contribution in [0.4, 0.5) is 4.79 Å². The number of ether oxygens (including phenoxy) is 2. The highest BCUT2D eigenvalue weighted by Gasteiger charge is 2.34. The van der Waals surface area contributed by atoms with Crippen molar-refractivity contribution < 1.29 is 29.0 Å². The molecule has 2 aromatic carbocycles. The Bertz CT molecular complexity index is 1070. The molecule has 1 saturated heterocycles. The maximum Gasteiger partial charge on any atom is 0.335 e. The SMILES string of the molecule is C#CCN1C(=O)SC(=Cc2ccc(OCc3ccc(C(=O)O)cc3)c(OC)c2)C1=O. The van der Waals surface area contributed by atoms with Crippen molar-refractivity contribution in [2.45, 2.75) is 6.61 Å². The lowest BCUT2D eigenvalue weighted by Crippen LogP contribution is -2.28. The van der Waals surface area contributed by atoms with Crippen LogP contribution in [0.2, 0.25) is 0 Å². The number of carboxylic acids is 1. The Hall–Kier alpha value is -3.70. The highest BCUT2D eigenvalue weighted by Crippen LogP contribution is 2.34. The minimum absolute atomic E-state index is 0.0639. The Morgan fingerprint density at radius 2 is 1.93 bits per heavy atom. The lowest BCUT2D eigenvalue weighted by Gasteiger charge is -2.12. The number of methoxy groups -OCH3 is 1. The summed E-state index contributed by atoms with van der Waals surface area (Å²) in [6.45, 7) is 0.159. The van der Waals surface area contributed by atoms with E-state index in [1.807, 2.05) is 0 Å². The van der Waals surface area contributed by atoms with Crippen LogP contribution < -0.4 is 9.47 Å². The lowest BCUT2D eigenvalue weighted by atomic mass is 10.1. The minimum atomic E-state index is -0.989. The Kier molecular flexibility index (Phi) is 6.45. The molecule has 0 unspecified atom stereocenters. The fourth-order valence-corrected chi connectivity index (χ4v) is 3.52. The third-order valence-corrected chi connectivity index (χ3v) is 5.11. The second-order valence-corrected chi connectivity index (χ2v) is 7.17. The largest absolute Gasteiger partial charge is 0.493 e. The van der Waals surface area contributed by atoms with Crippen molar-refractivity contribution >= 4 is 35.0 Å². The molecule has 0 spiro atoms. The van der Waals surface area contributed by atoms with E-state index < -0.39 is 17.1 Å². The quantitative estimate of drug-likeness (QED) is 0.537. The van der Waals surface area contributed by atoms with Crippen molar-refractivity contribution in [2.75, 3.05) is 13.7 Å². The van der Waals surface area contributed by atoms with Crippen LogP contribution in [-0.4, -0.2) is 40.8 Å². The molecule has 0 aliphatic carbocycles. The van der Waals surface area contributed by atoms with E-state index in [1.165, 1.54) is 19.2 Å². The number of thioether (sulfide) groups is 1. The highest BCUT2D eigenvalue weighted by molar-refractivity contribution is 8.18. The molecule has 1 aliphatic rings. The number of hydrogen-bond donors (Lipinski definition) is 1. The van der Waals surface area contributed by atoms with E-state index in [2.05, 4.69) is 5.92 Å². The predicted molar refractivity (Wildman–Crippen MR) is 112 cm³/mol. The zero-order valence-corrected chi connectivity index (χ0v) is 16.8. The fourth-order valence-electron chi connectivity index (χ4n) is 2.68. The van der Waals surface area contributed by atoms with E-state index in [-0.39, 0.29) is 23.6 Å². The van der Waals surface area contributed by atoms with Gasteiger partial charge in [0, 0.05) is 0 Å². The van der Waals surface area contributed by atoms with Crippen molar-refractivity contribution in [3.05, 3.63) is 64.1 Å². The van der Waals surface area contributed by atoms with Crippen molar-refractivity contribution in [1.82, 2.24) is 4.90 Å². The van der Waals surface area contributed by atoms with Gasteiger partial charge in [-0.25, -0.2) is 4.79 Å². The molecule has 1 heterocycles. The number of aromatic carboxylic acids is 1. The van der Waals surface area contributed by atoms with Gasteiger partial charge in [0.15, 0.2) is 11.5 Å². The van der Waals surface area contributed by atoms with Crippen LogP contribution in [-0.2, 0) is 11.4 Å². The zero-order valence-electron chi connectivity index (χ0n) is 16.0. The molecule has 0 radical (unpaired) electrons. The van der Waals surface area contributed by atoms with Crippen LogP contribution in [0.5, 0.6) is 11.5 Å². The van der Waals surface area contributed by atoms with Crippen molar-refractivity contribution in [2.24, 2.45) is 0 Å². The van der Waals surface area contributed by atoms with Crippen LogP contribution in [0, 0.1) is 12.3 Å². The van der Waals surface area contributed by atoms with Crippen molar-refractivity contribution in [3.8, 4) is 23.8 Å². The first-order valence-electron chi connectivity index (χ1n) is 8.75. The maximum atomic E-state index is 12.3.